The van der Waals surface area contributed by atoms with Gasteiger partial charge in [-0.15, -0.1) is 6.58 Å². The molecule has 0 rings (SSSR count). The van der Waals surface area contributed by atoms with Gasteiger partial charge in [0.1, 0.15) is 0 Å². The predicted octanol–water partition coefficient (Wildman–Crippen LogP) is 0.652. The molecule has 0 unspecified atom stereocenters. The first-order valence-electron chi connectivity index (χ1n) is 2.55. The van der Waals surface area contributed by atoms with E-state index >= 15 is 0 Å². The van der Waals surface area contributed by atoms with Crippen LogP contribution < -0.4 is 0 Å². The zero-order chi connectivity index (χ0) is 7.11. The number of carbonyl (C=O) groups excluding carboxylic acids is 2. The molecule has 3 nitrogen and oxygen atoms in total. The number of carbonyl (C=O) groups is 2. The van der Waals surface area contributed by atoms with Gasteiger partial charge in [0, 0.05) is 6.42 Å². The SMILES string of the molecule is C=CCCC(=O)OC=O. The van der Waals surface area contributed by atoms with Crippen LogP contribution >= 0.6 is 0 Å². The predicted molar refractivity (Wildman–Crippen MR) is 31.6 cm³/mol. The van der Waals surface area contributed by atoms with E-state index in [0.717, 1.165) is 0 Å². The highest BCUT2D eigenvalue weighted by atomic mass is 16.6. The molecule has 0 aromatic heterocycles. The Bertz CT molecular complexity index is 117. The molecular weight excluding hydrogens is 120 g/mol. The Kier molecular flexibility index (Phi) is 4.40. The topological polar surface area (TPSA) is 43.4 Å². The lowest BCUT2D eigenvalue weighted by Crippen LogP contribution is -2.00. The molecule has 0 aromatic rings. The highest BCUT2D eigenvalue weighted by molar-refractivity contribution is 5.76. The molecule has 9 heavy (non-hydrogen) atoms. The third-order valence-electron chi connectivity index (χ3n) is 0.732. The van der Waals surface area contributed by atoms with Crippen molar-refractivity contribution in [3.05, 3.63) is 12.7 Å². The van der Waals surface area contributed by atoms with Crippen molar-refractivity contribution in [2.45, 2.75) is 12.8 Å². The molecule has 0 aliphatic heterocycles. The van der Waals surface area contributed by atoms with Gasteiger partial charge in [-0.05, 0) is 6.42 Å². The van der Waals surface area contributed by atoms with Crippen molar-refractivity contribution >= 4 is 12.4 Å². The fraction of sp³-hybridized carbons (Fsp3) is 0.333. The lowest BCUT2D eigenvalue weighted by molar-refractivity contribution is -0.151. The van der Waals surface area contributed by atoms with Crippen molar-refractivity contribution < 1.29 is 14.3 Å². The normalized spacial score (nSPS) is 8.00. The molecule has 0 aliphatic rings. The molecule has 0 radical (unpaired) electrons. The average Bonchev–Trinajstić information content (AvgIpc) is 1.85. The number of ether oxygens (including phenoxy) is 1. The maximum atomic E-state index is 10.3. The maximum absolute atomic E-state index is 10.3. The molecule has 3 heteroatoms. The van der Waals surface area contributed by atoms with Crippen molar-refractivity contribution in [1.29, 1.82) is 0 Å². The maximum Gasteiger partial charge on any atom is 0.313 e. The van der Waals surface area contributed by atoms with Crippen molar-refractivity contribution in [2.24, 2.45) is 0 Å². The second-order valence-corrected chi connectivity index (χ2v) is 1.41. The molecule has 0 spiro atoms. The van der Waals surface area contributed by atoms with Gasteiger partial charge in [0.25, 0.3) is 0 Å². The van der Waals surface area contributed by atoms with Gasteiger partial charge in [-0.1, -0.05) is 6.08 Å². The lowest BCUT2D eigenvalue weighted by atomic mass is 10.3. The fourth-order valence-electron chi connectivity index (χ4n) is 0.333. The van der Waals surface area contributed by atoms with Gasteiger partial charge in [-0.2, -0.15) is 0 Å². The van der Waals surface area contributed by atoms with E-state index in [1.807, 2.05) is 0 Å². The van der Waals surface area contributed by atoms with Crippen molar-refractivity contribution in [1.82, 2.24) is 0 Å². The minimum Gasteiger partial charge on any atom is -0.395 e. The third kappa shape index (κ3) is 4.74. The van der Waals surface area contributed by atoms with E-state index in [1.165, 1.54) is 0 Å². The number of esters is 1. The third-order valence-corrected chi connectivity index (χ3v) is 0.732. The summed E-state index contributed by atoms with van der Waals surface area (Å²) in [4.78, 5) is 19.8. The molecule has 0 aromatic carbocycles. The Labute approximate surface area is 53.3 Å². The Morgan fingerprint density at radius 2 is 2.33 bits per heavy atom. The first kappa shape index (κ1) is 7.88. The molecule has 0 N–H and O–H groups in total. The first-order valence-corrected chi connectivity index (χ1v) is 2.55. The minimum atomic E-state index is -0.509. The monoisotopic (exact) mass is 128 g/mol. The van der Waals surface area contributed by atoms with E-state index in [4.69, 9.17) is 0 Å². The number of rotatable bonds is 4. The van der Waals surface area contributed by atoms with Gasteiger partial charge in [-0.25, -0.2) is 0 Å². The fourth-order valence-corrected chi connectivity index (χ4v) is 0.333. The van der Waals surface area contributed by atoms with Gasteiger partial charge in [0.05, 0.1) is 0 Å². The number of hydrogen-bond donors (Lipinski definition) is 0. The van der Waals surface area contributed by atoms with E-state index < -0.39 is 5.97 Å². The van der Waals surface area contributed by atoms with Crippen LogP contribution in [0.15, 0.2) is 12.7 Å². The summed E-state index contributed by atoms with van der Waals surface area (Å²) in [6.45, 7) is 3.53. The molecular formula is C6H8O3. The van der Waals surface area contributed by atoms with Gasteiger partial charge < -0.3 is 4.74 Å². The van der Waals surface area contributed by atoms with Crippen molar-refractivity contribution in [3.8, 4) is 0 Å². The smallest absolute Gasteiger partial charge is 0.313 e. The summed E-state index contributed by atoms with van der Waals surface area (Å²) in [5.74, 6) is -0.509. The summed E-state index contributed by atoms with van der Waals surface area (Å²) in [5.41, 5.74) is 0. The Balaban J connectivity index is 3.26. The van der Waals surface area contributed by atoms with Crippen LogP contribution in [0.3, 0.4) is 0 Å². The lowest BCUT2D eigenvalue weighted by Gasteiger charge is -1.90. The standard InChI is InChI=1S/C6H8O3/c1-2-3-4-6(8)9-5-7/h2,5H,1,3-4H2. The summed E-state index contributed by atoms with van der Waals surface area (Å²) >= 11 is 0. The molecule has 0 atom stereocenters. The molecule has 0 aliphatic carbocycles. The molecule has 0 bridgehead atoms. The summed E-state index contributed by atoms with van der Waals surface area (Å²) in [6.07, 6.45) is 2.36. The van der Waals surface area contributed by atoms with Gasteiger partial charge in [0.2, 0.25) is 0 Å². The zero-order valence-corrected chi connectivity index (χ0v) is 5.00. The van der Waals surface area contributed by atoms with Crippen LogP contribution in [0.1, 0.15) is 12.8 Å². The molecule has 50 valence electrons. The van der Waals surface area contributed by atoms with Crippen LogP contribution in [-0.4, -0.2) is 12.4 Å². The van der Waals surface area contributed by atoms with Crippen LogP contribution in [0.2, 0.25) is 0 Å². The summed E-state index contributed by atoms with van der Waals surface area (Å²) < 4.78 is 3.98. The quantitative estimate of drug-likeness (QED) is 0.241. The molecule has 0 amide bonds. The minimum absolute atomic E-state index is 0.130. The second-order valence-electron chi connectivity index (χ2n) is 1.41. The second kappa shape index (κ2) is 5.03. The van der Waals surface area contributed by atoms with E-state index in [2.05, 4.69) is 11.3 Å². The number of hydrogen-bond acceptors (Lipinski definition) is 3. The van der Waals surface area contributed by atoms with Crippen LogP contribution in [0.5, 0.6) is 0 Å². The summed E-state index contributed by atoms with van der Waals surface area (Å²) in [6, 6.07) is 0. The van der Waals surface area contributed by atoms with Crippen LogP contribution in [-0.2, 0) is 14.3 Å². The summed E-state index contributed by atoms with van der Waals surface area (Å²) in [7, 11) is 0. The largest absolute Gasteiger partial charge is 0.395 e. The van der Waals surface area contributed by atoms with E-state index in [9.17, 15) is 9.59 Å². The Morgan fingerprint density at radius 3 is 2.78 bits per heavy atom. The molecule has 0 heterocycles. The summed E-state index contributed by atoms with van der Waals surface area (Å²) in [5, 5.41) is 0. The highest BCUT2D eigenvalue weighted by Crippen LogP contribution is 1.90. The van der Waals surface area contributed by atoms with Gasteiger partial charge in [-0.3, -0.25) is 9.59 Å². The van der Waals surface area contributed by atoms with E-state index in [0.29, 0.717) is 6.42 Å². The zero-order valence-electron chi connectivity index (χ0n) is 5.00. The van der Waals surface area contributed by atoms with Crippen LogP contribution in [0, 0.1) is 0 Å². The number of allylic oxidation sites excluding steroid dienone is 1. The first-order chi connectivity index (χ1) is 4.31. The van der Waals surface area contributed by atoms with E-state index in [-0.39, 0.29) is 12.9 Å². The van der Waals surface area contributed by atoms with Gasteiger partial charge >= 0.3 is 12.4 Å². The Morgan fingerprint density at radius 1 is 1.67 bits per heavy atom. The highest BCUT2D eigenvalue weighted by Gasteiger charge is 1.97. The van der Waals surface area contributed by atoms with Crippen molar-refractivity contribution in [2.75, 3.05) is 0 Å². The van der Waals surface area contributed by atoms with Crippen LogP contribution in [0.25, 0.3) is 0 Å². The van der Waals surface area contributed by atoms with E-state index in [1.54, 1.807) is 6.08 Å². The molecule has 0 saturated carbocycles. The van der Waals surface area contributed by atoms with Gasteiger partial charge in [0.15, 0.2) is 0 Å². The molecule has 0 saturated heterocycles. The Hall–Kier alpha value is -1.12. The van der Waals surface area contributed by atoms with Crippen molar-refractivity contribution in [3.63, 3.8) is 0 Å². The molecule has 0 fully saturated rings. The van der Waals surface area contributed by atoms with Crippen LogP contribution in [0.4, 0.5) is 0 Å². The average molecular weight is 128 g/mol.